The fraction of sp³-hybridized carbons (Fsp3) is 0.583. The van der Waals surface area contributed by atoms with Gasteiger partial charge >= 0.3 is 0 Å². The maximum Gasteiger partial charge on any atom is 0.241 e. The molecule has 1 aromatic heterocycles. The average Bonchev–Trinajstić information content (AvgIpc) is 3.07. The lowest BCUT2D eigenvalue weighted by Gasteiger charge is -2.03. The molecule has 0 spiro atoms. The Kier molecular flexibility index (Phi) is 6.47. The molecule has 1 aliphatic rings. The first-order valence-corrected chi connectivity index (χ1v) is 6.43. The molecule has 1 heterocycles. The first kappa shape index (κ1) is 16.5. The van der Waals surface area contributed by atoms with Crippen molar-refractivity contribution in [2.75, 3.05) is 18.9 Å². The van der Waals surface area contributed by atoms with Gasteiger partial charge in [0.2, 0.25) is 11.8 Å². The Morgan fingerprint density at radius 2 is 2.15 bits per heavy atom. The summed E-state index contributed by atoms with van der Waals surface area (Å²) in [6.45, 7) is 0.812. The zero-order valence-electron chi connectivity index (χ0n) is 11.4. The number of nitrogens with zero attached hydrogens (tertiary/aromatic N) is 2. The van der Waals surface area contributed by atoms with Gasteiger partial charge in [-0.05, 0) is 19.9 Å². The molecule has 3 N–H and O–H groups in total. The molecular weight excluding hydrogens is 282 g/mol. The van der Waals surface area contributed by atoms with Crippen LogP contribution < -0.4 is 16.0 Å². The largest absolute Gasteiger partial charge is 0.352 e. The Balaban J connectivity index is 0.00000200. The number of rotatable bonds is 7. The summed E-state index contributed by atoms with van der Waals surface area (Å²) >= 11 is 0. The van der Waals surface area contributed by atoms with Crippen molar-refractivity contribution in [3.05, 3.63) is 12.4 Å². The van der Waals surface area contributed by atoms with Crippen molar-refractivity contribution < 1.29 is 9.59 Å². The summed E-state index contributed by atoms with van der Waals surface area (Å²) in [5.74, 6) is -0.116. The first-order valence-electron chi connectivity index (χ1n) is 6.43. The van der Waals surface area contributed by atoms with Crippen LogP contribution in [0, 0.1) is 0 Å². The third-order valence-electron chi connectivity index (χ3n) is 2.77. The topological polar surface area (TPSA) is 88.1 Å². The fourth-order valence-corrected chi connectivity index (χ4v) is 1.62. The maximum atomic E-state index is 11.6. The van der Waals surface area contributed by atoms with E-state index < -0.39 is 0 Å². The molecule has 8 heteroatoms. The number of anilines is 1. The number of hydrogen-bond donors (Lipinski definition) is 3. The second-order valence-electron chi connectivity index (χ2n) is 4.67. The molecule has 1 aromatic rings. The lowest BCUT2D eigenvalue weighted by atomic mass is 10.4. The van der Waals surface area contributed by atoms with Gasteiger partial charge in [0.15, 0.2) is 0 Å². The van der Waals surface area contributed by atoms with Crippen LogP contribution in [0.25, 0.3) is 0 Å². The van der Waals surface area contributed by atoms with E-state index in [9.17, 15) is 9.59 Å². The highest BCUT2D eigenvalue weighted by Gasteiger charge is 2.23. The summed E-state index contributed by atoms with van der Waals surface area (Å²) in [7, 11) is 1.80. The molecule has 112 valence electrons. The Labute approximate surface area is 123 Å². The zero-order chi connectivity index (χ0) is 13.7. The Morgan fingerprint density at radius 3 is 2.80 bits per heavy atom. The number of carbonyl (C=O) groups is 2. The second-order valence-corrected chi connectivity index (χ2v) is 4.67. The van der Waals surface area contributed by atoms with Crippen LogP contribution in [0.2, 0.25) is 0 Å². The van der Waals surface area contributed by atoms with Crippen LogP contribution in [-0.2, 0) is 16.1 Å². The van der Waals surface area contributed by atoms with E-state index in [0.717, 1.165) is 12.8 Å². The summed E-state index contributed by atoms with van der Waals surface area (Å²) in [5.41, 5.74) is 0.611. The summed E-state index contributed by atoms with van der Waals surface area (Å²) < 4.78 is 1.52. The van der Waals surface area contributed by atoms with Gasteiger partial charge in [0, 0.05) is 25.2 Å². The van der Waals surface area contributed by atoms with Gasteiger partial charge in [-0.3, -0.25) is 14.3 Å². The van der Waals surface area contributed by atoms with Gasteiger partial charge in [-0.25, -0.2) is 0 Å². The van der Waals surface area contributed by atoms with Gasteiger partial charge in [0.05, 0.1) is 11.9 Å². The van der Waals surface area contributed by atoms with Gasteiger partial charge in [-0.1, -0.05) is 0 Å². The number of carbonyl (C=O) groups excluding carboxylic acids is 2. The zero-order valence-corrected chi connectivity index (χ0v) is 12.2. The van der Waals surface area contributed by atoms with Gasteiger partial charge < -0.3 is 16.0 Å². The lowest BCUT2D eigenvalue weighted by Crippen LogP contribution is -2.29. The predicted molar refractivity (Wildman–Crippen MR) is 77.8 cm³/mol. The van der Waals surface area contributed by atoms with Crippen molar-refractivity contribution in [3.63, 3.8) is 0 Å². The molecule has 2 amide bonds. The number of amides is 2. The van der Waals surface area contributed by atoms with Crippen molar-refractivity contribution >= 4 is 29.9 Å². The average molecular weight is 302 g/mol. The molecule has 0 unspecified atom stereocenters. The van der Waals surface area contributed by atoms with Crippen molar-refractivity contribution in [2.24, 2.45) is 0 Å². The minimum atomic E-state index is -0.0728. The summed E-state index contributed by atoms with van der Waals surface area (Å²) in [5, 5.41) is 12.6. The molecule has 1 saturated carbocycles. The SMILES string of the molecule is CNCCC(=O)Nc1cnn(CC(=O)NC2CC2)c1.Cl. The van der Waals surface area contributed by atoms with Crippen LogP contribution in [0.5, 0.6) is 0 Å². The van der Waals surface area contributed by atoms with Crippen LogP contribution in [0.15, 0.2) is 12.4 Å². The quantitative estimate of drug-likeness (QED) is 0.668. The first-order chi connectivity index (χ1) is 9.17. The third kappa shape index (κ3) is 5.58. The van der Waals surface area contributed by atoms with E-state index in [0.29, 0.717) is 24.7 Å². The Bertz CT molecular complexity index is 458. The molecule has 0 atom stereocenters. The van der Waals surface area contributed by atoms with E-state index >= 15 is 0 Å². The Morgan fingerprint density at radius 1 is 1.40 bits per heavy atom. The van der Waals surface area contributed by atoms with Crippen LogP contribution in [0.4, 0.5) is 5.69 Å². The highest BCUT2D eigenvalue weighted by atomic mass is 35.5. The molecule has 0 bridgehead atoms. The summed E-state index contributed by atoms with van der Waals surface area (Å²) in [6.07, 6.45) is 5.74. The lowest BCUT2D eigenvalue weighted by molar-refractivity contribution is -0.122. The molecule has 1 aliphatic carbocycles. The van der Waals surface area contributed by atoms with Crippen LogP contribution in [0.3, 0.4) is 0 Å². The fourth-order valence-electron chi connectivity index (χ4n) is 1.62. The highest BCUT2D eigenvalue weighted by Crippen LogP contribution is 2.18. The maximum absolute atomic E-state index is 11.6. The number of halogens is 1. The van der Waals surface area contributed by atoms with Crippen molar-refractivity contribution in [1.82, 2.24) is 20.4 Å². The smallest absolute Gasteiger partial charge is 0.241 e. The van der Waals surface area contributed by atoms with Crippen LogP contribution in [0.1, 0.15) is 19.3 Å². The molecule has 0 aromatic carbocycles. The highest BCUT2D eigenvalue weighted by molar-refractivity contribution is 5.90. The van der Waals surface area contributed by atoms with E-state index in [1.54, 1.807) is 19.4 Å². The normalized spacial score (nSPS) is 13.4. The monoisotopic (exact) mass is 301 g/mol. The van der Waals surface area contributed by atoms with Crippen molar-refractivity contribution in [2.45, 2.75) is 31.8 Å². The van der Waals surface area contributed by atoms with Gasteiger partial charge in [-0.15, -0.1) is 12.4 Å². The number of hydrogen-bond acceptors (Lipinski definition) is 4. The van der Waals surface area contributed by atoms with Gasteiger partial charge in [0.1, 0.15) is 6.54 Å². The third-order valence-corrected chi connectivity index (χ3v) is 2.77. The molecule has 2 rings (SSSR count). The second kappa shape index (κ2) is 7.86. The molecular formula is C12H20ClN5O2. The van der Waals surface area contributed by atoms with E-state index in [1.807, 2.05) is 0 Å². The molecule has 20 heavy (non-hydrogen) atoms. The van der Waals surface area contributed by atoms with E-state index in [2.05, 4.69) is 21.0 Å². The molecule has 7 nitrogen and oxygen atoms in total. The molecule has 0 saturated heterocycles. The number of nitrogens with one attached hydrogen (secondary N) is 3. The van der Waals surface area contributed by atoms with Gasteiger partial charge in [0.25, 0.3) is 0 Å². The minimum absolute atomic E-state index is 0. The molecule has 0 radical (unpaired) electrons. The minimum Gasteiger partial charge on any atom is -0.352 e. The van der Waals surface area contributed by atoms with Crippen molar-refractivity contribution in [1.29, 1.82) is 0 Å². The van der Waals surface area contributed by atoms with Gasteiger partial charge in [-0.2, -0.15) is 5.10 Å². The molecule has 0 aliphatic heterocycles. The standard InChI is InChI=1S/C12H19N5O2.ClH/c1-13-5-4-11(18)16-10-6-14-17(7-10)8-12(19)15-9-2-3-9;/h6-7,9,13H,2-5,8H2,1H3,(H,15,19)(H,16,18);1H. The summed E-state index contributed by atoms with van der Waals surface area (Å²) in [6, 6.07) is 0.351. The van der Waals surface area contributed by atoms with Crippen molar-refractivity contribution in [3.8, 4) is 0 Å². The van der Waals surface area contributed by atoms with E-state index in [-0.39, 0.29) is 30.8 Å². The van der Waals surface area contributed by atoms with Crippen LogP contribution >= 0.6 is 12.4 Å². The predicted octanol–water partition coefficient (Wildman–Crippen LogP) is 0.131. The van der Waals surface area contributed by atoms with E-state index in [1.165, 1.54) is 4.68 Å². The van der Waals surface area contributed by atoms with Crippen LogP contribution in [-0.4, -0.2) is 41.2 Å². The summed E-state index contributed by atoms with van der Waals surface area (Å²) in [4.78, 5) is 23.1. The Hall–Kier alpha value is -1.60. The molecule has 1 fully saturated rings. The van der Waals surface area contributed by atoms with E-state index in [4.69, 9.17) is 0 Å². The number of aromatic nitrogens is 2.